The molecule has 0 bridgehead atoms. The van der Waals surface area contributed by atoms with Gasteiger partial charge in [-0.05, 0) is 46.7 Å². The van der Waals surface area contributed by atoms with Crippen molar-refractivity contribution in [1.82, 2.24) is 0 Å². The number of nitrogens with two attached hydrogens (primary N) is 1. The molecule has 0 amide bonds. The number of rotatable bonds is 7. The molecule has 0 atom stereocenters. The second-order valence-electron chi connectivity index (χ2n) is 7.10. The fourth-order valence-electron chi connectivity index (χ4n) is 3.10. The van der Waals surface area contributed by atoms with Crippen LogP contribution >= 0.6 is 0 Å². The third kappa shape index (κ3) is 4.74. The van der Waals surface area contributed by atoms with Gasteiger partial charge in [0.25, 0.3) is 0 Å². The molecule has 2 N–H and O–H groups in total. The van der Waals surface area contributed by atoms with Crippen LogP contribution in [0.3, 0.4) is 0 Å². The van der Waals surface area contributed by atoms with Crippen LogP contribution in [0.5, 0.6) is 5.75 Å². The summed E-state index contributed by atoms with van der Waals surface area (Å²) < 4.78 is 5.99. The van der Waals surface area contributed by atoms with Gasteiger partial charge in [0, 0.05) is 12.1 Å². The SMILES string of the molecule is CC(C)Cc1ccc(-c2ccc(OCc3ccccc3)c(CN)c2)cc1. The molecule has 0 radical (unpaired) electrons. The van der Waals surface area contributed by atoms with Crippen LogP contribution < -0.4 is 10.5 Å². The van der Waals surface area contributed by atoms with E-state index in [2.05, 4.69) is 62.4 Å². The van der Waals surface area contributed by atoms with Crippen molar-refractivity contribution in [1.29, 1.82) is 0 Å². The molecule has 134 valence electrons. The average Bonchev–Trinajstić information content (AvgIpc) is 2.67. The summed E-state index contributed by atoms with van der Waals surface area (Å²) in [6, 6.07) is 25.3. The Bertz CT molecular complexity index is 823. The number of benzene rings is 3. The fraction of sp³-hybridized carbons (Fsp3) is 0.250. The molecule has 2 nitrogen and oxygen atoms in total. The molecular formula is C24H27NO. The van der Waals surface area contributed by atoms with Gasteiger partial charge in [0.05, 0.1) is 0 Å². The molecule has 0 aliphatic rings. The number of ether oxygens (including phenoxy) is 1. The van der Waals surface area contributed by atoms with E-state index in [-0.39, 0.29) is 0 Å². The summed E-state index contributed by atoms with van der Waals surface area (Å²) in [5, 5.41) is 0. The summed E-state index contributed by atoms with van der Waals surface area (Å²) in [6.07, 6.45) is 1.11. The third-order valence-corrected chi connectivity index (χ3v) is 4.45. The molecule has 0 spiro atoms. The Kier molecular flexibility index (Phi) is 6.08. The van der Waals surface area contributed by atoms with Gasteiger partial charge in [0.2, 0.25) is 0 Å². The lowest BCUT2D eigenvalue weighted by Crippen LogP contribution is -2.03. The van der Waals surface area contributed by atoms with Gasteiger partial charge < -0.3 is 10.5 Å². The van der Waals surface area contributed by atoms with Crippen LogP contribution in [0.2, 0.25) is 0 Å². The van der Waals surface area contributed by atoms with E-state index in [1.807, 2.05) is 24.3 Å². The molecular weight excluding hydrogens is 318 g/mol. The monoisotopic (exact) mass is 345 g/mol. The molecule has 3 rings (SSSR count). The number of hydrogen-bond acceptors (Lipinski definition) is 2. The van der Waals surface area contributed by atoms with Crippen LogP contribution in [-0.4, -0.2) is 0 Å². The minimum Gasteiger partial charge on any atom is -0.489 e. The first-order chi connectivity index (χ1) is 12.7. The third-order valence-electron chi connectivity index (χ3n) is 4.45. The Morgan fingerprint density at radius 2 is 1.50 bits per heavy atom. The summed E-state index contributed by atoms with van der Waals surface area (Å²) in [4.78, 5) is 0. The highest BCUT2D eigenvalue weighted by Gasteiger charge is 2.07. The molecule has 3 aromatic rings. The van der Waals surface area contributed by atoms with Gasteiger partial charge in [-0.15, -0.1) is 0 Å². The Morgan fingerprint density at radius 3 is 2.15 bits per heavy atom. The quantitative estimate of drug-likeness (QED) is 0.606. The summed E-state index contributed by atoms with van der Waals surface area (Å²) in [5.41, 5.74) is 11.9. The molecule has 0 saturated carbocycles. The highest BCUT2D eigenvalue weighted by Crippen LogP contribution is 2.28. The van der Waals surface area contributed by atoms with Gasteiger partial charge in [0.1, 0.15) is 12.4 Å². The van der Waals surface area contributed by atoms with Crippen LogP contribution in [-0.2, 0) is 19.6 Å². The summed E-state index contributed by atoms with van der Waals surface area (Å²) >= 11 is 0. The molecule has 0 saturated heterocycles. The van der Waals surface area contributed by atoms with Crippen LogP contribution in [0.4, 0.5) is 0 Å². The van der Waals surface area contributed by atoms with Crippen LogP contribution in [0, 0.1) is 5.92 Å². The van der Waals surface area contributed by atoms with Gasteiger partial charge in [0.15, 0.2) is 0 Å². The molecule has 0 unspecified atom stereocenters. The van der Waals surface area contributed by atoms with E-state index in [0.717, 1.165) is 23.3 Å². The zero-order valence-corrected chi connectivity index (χ0v) is 15.6. The summed E-state index contributed by atoms with van der Waals surface area (Å²) in [7, 11) is 0. The van der Waals surface area contributed by atoms with Crippen LogP contribution in [0.25, 0.3) is 11.1 Å². The number of hydrogen-bond donors (Lipinski definition) is 1. The van der Waals surface area contributed by atoms with Gasteiger partial charge in [-0.2, -0.15) is 0 Å². The summed E-state index contributed by atoms with van der Waals surface area (Å²) in [5.74, 6) is 1.53. The second-order valence-corrected chi connectivity index (χ2v) is 7.10. The Morgan fingerprint density at radius 1 is 0.808 bits per heavy atom. The van der Waals surface area contributed by atoms with Crippen molar-refractivity contribution in [2.24, 2.45) is 11.7 Å². The average molecular weight is 345 g/mol. The van der Waals surface area contributed by atoms with Crippen molar-refractivity contribution in [3.63, 3.8) is 0 Å². The van der Waals surface area contributed by atoms with Crippen molar-refractivity contribution in [3.8, 4) is 16.9 Å². The minimum atomic E-state index is 0.462. The van der Waals surface area contributed by atoms with E-state index in [4.69, 9.17) is 10.5 Å². The van der Waals surface area contributed by atoms with Crippen molar-refractivity contribution in [3.05, 3.63) is 89.5 Å². The van der Waals surface area contributed by atoms with Crippen molar-refractivity contribution in [2.75, 3.05) is 0 Å². The maximum Gasteiger partial charge on any atom is 0.124 e. The lowest BCUT2D eigenvalue weighted by atomic mass is 9.98. The van der Waals surface area contributed by atoms with Gasteiger partial charge in [-0.1, -0.05) is 74.5 Å². The Hall–Kier alpha value is -2.58. The molecule has 2 heteroatoms. The van der Waals surface area contributed by atoms with Crippen LogP contribution in [0.15, 0.2) is 72.8 Å². The maximum absolute atomic E-state index is 5.99. The van der Waals surface area contributed by atoms with E-state index in [0.29, 0.717) is 19.1 Å². The smallest absolute Gasteiger partial charge is 0.124 e. The molecule has 3 aromatic carbocycles. The first-order valence-corrected chi connectivity index (χ1v) is 9.24. The molecule has 26 heavy (non-hydrogen) atoms. The van der Waals surface area contributed by atoms with E-state index in [9.17, 15) is 0 Å². The highest BCUT2D eigenvalue weighted by molar-refractivity contribution is 5.66. The lowest BCUT2D eigenvalue weighted by Gasteiger charge is -2.13. The molecule has 0 aromatic heterocycles. The molecule has 0 heterocycles. The minimum absolute atomic E-state index is 0.462. The normalized spacial score (nSPS) is 10.9. The van der Waals surface area contributed by atoms with Crippen molar-refractivity contribution < 1.29 is 4.74 Å². The van der Waals surface area contributed by atoms with E-state index >= 15 is 0 Å². The van der Waals surface area contributed by atoms with E-state index < -0.39 is 0 Å². The topological polar surface area (TPSA) is 35.2 Å². The van der Waals surface area contributed by atoms with Crippen molar-refractivity contribution >= 4 is 0 Å². The predicted octanol–water partition coefficient (Wildman–Crippen LogP) is 5.59. The Labute approximate surface area is 156 Å². The van der Waals surface area contributed by atoms with Gasteiger partial charge in [-0.3, -0.25) is 0 Å². The zero-order valence-electron chi connectivity index (χ0n) is 15.6. The van der Waals surface area contributed by atoms with E-state index in [1.165, 1.54) is 16.7 Å². The first kappa shape index (κ1) is 18.2. The fourth-order valence-corrected chi connectivity index (χ4v) is 3.10. The largest absolute Gasteiger partial charge is 0.489 e. The van der Waals surface area contributed by atoms with E-state index in [1.54, 1.807) is 0 Å². The zero-order chi connectivity index (χ0) is 18.4. The Balaban J connectivity index is 1.75. The molecule has 0 aliphatic heterocycles. The maximum atomic E-state index is 5.99. The second kappa shape index (κ2) is 8.68. The van der Waals surface area contributed by atoms with Gasteiger partial charge in [-0.25, -0.2) is 0 Å². The predicted molar refractivity (Wildman–Crippen MR) is 109 cm³/mol. The molecule has 0 aliphatic carbocycles. The van der Waals surface area contributed by atoms with Crippen LogP contribution in [0.1, 0.15) is 30.5 Å². The standard InChI is InChI=1S/C24H27NO/c1-18(2)14-19-8-10-21(11-9-19)22-12-13-24(23(15-22)16-25)26-17-20-6-4-3-5-7-20/h3-13,15,18H,14,16-17,25H2,1-2H3. The van der Waals surface area contributed by atoms with Gasteiger partial charge >= 0.3 is 0 Å². The first-order valence-electron chi connectivity index (χ1n) is 9.24. The highest BCUT2D eigenvalue weighted by atomic mass is 16.5. The van der Waals surface area contributed by atoms with Crippen molar-refractivity contribution in [2.45, 2.75) is 33.4 Å². The lowest BCUT2D eigenvalue weighted by molar-refractivity contribution is 0.303. The summed E-state index contributed by atoms with van der Waals surface area (Å²) in [6.45, 7) is 5.51. The molecule has 0 fully saturated rings.